The van der Waals surface area contributed by atoms with E-state index in [2.05, 4.69) is 22.4 Å². The van der Waals surface area contributed by atoms with Gasteiger partial charge in [0.25, 0.3) is 0 Å². The highest BCUT2D eigenvalue weighted by molar-refractivity contribution is 7.09. The Kier molecular flexibility index (Phi) is 6.02. The number of hydrogen-bond acceptors (Lipinski definition) is 6. The molecule has 1 fully saturated rings. The number of carbonyl (C=O) groups is 3. The van der Waals surface area contributed by atoms with E-state index in [0.29, 0.717) is 0 Å². The molecule has 8 nitrogen and oxygen atoms in total. The molecule has 1 aromatic heterocycles. The molecule has 1 saturated heterocycles. The standard InChI is InChI=1S/C26H25N3O5S/c1-26(24(31)32)13-29(14-26)23(30)22(10-16-11-27-15-35-16)28-25(33)34-12-21-19-8-4-2-6-17(19)18-7-3-5-9-20(18)21/h2-9,11,15,21-22H,10,12-14H2,1H3,(H,28,33)(H,31,32). The number of aliphatic carboxylic acids is 1. The van der Waals surface area contributed by atoms with Crippen LogP contribution in [0.2, 0.25) is 0 Å². The fourth-order valence-corrected chi connectivity index (χ4v) is 5.48. The van der Waals surface area contributed by atoms with Crippen LogP contribution in [0.4, 0.5) is 4.79 Å². The van der Waals surface area contributed by atoms with Crippen LogP contribution in [0.5, 0.6) is 0 Å². The lowest BCUT2D eigenvalue weighted by Gasteiger charge is -2.46. The molecule has 2 N–H and O–H groups in total. The first kappa shape index (κ1) is 23.0. The Morgan fingerprint density at radius 3 is 2.34 bits per heavy atom. The average molecular weight is 492 g/mol. The third-order valence-corrected chi connectivity index (χ3v) is 7.53. The van der Waals surface area contributed by atoms with E-state index in [9.17, 15) is 19.5 Å². The first-order chi connectivity index (χ1) is 16.9. The number of benzene rings is 2. The van der Waals surface area contributed by atoms with Crippen LogP contribution in [0, 0.1) is 5.41 Å². The number of carbonyl (C=O) groups excluding carboxylic acids is 2. The number of carboxylic acids is 1. The molecule has 9 heteroatoms. The van der Waals surface area contributed by atoms with Crippen molar-refractivity contribution in [2.24, 2.45) is 5.41 Å². The van der Waals surface area contributed by atoms with Crippen molar-refractivity contribution in [3.63, 3.8) is 0 Å². The van der Waals surface area contributed by atoms with Gasteiger partial charge in [-0.3, -0.25) is 14.6 Å². The van der Waals surface area contributed by atoms with Gasteiger partial charge in [-0.25, -0.2) is 4.79 Å². The number of likely N-dealkylation sites (tertiary alicyclic amines) is 1. The minimum atomic E-state index is -0.964. The van der Waals surface area contributed by atoms with Crippen LogP contribution in [-0.2, 0) is 20.7 Å². The summed E-state index contributed by atoms with van der Waals surface area (Å²) in [6, 6.07) is 15.3. The maximum atomic E-state index is 13.1. The highest BCUT2D eigenvalue weighted by Crippen LogP contribution is 2.44. The number of aromatic nitrogens is 1. The smallest absolute Gasteiger partial charge is 0.407 e. The lowest BCUT2D eigenvalue weighted by molar-refractivity contribution is -0.164. The van der Waals surface area contributed by atoms with Crippen molar-refractivity contribution in [2.75, 3.05) is 19.7 Å². The van der Waals surface area contributed by atoms with Crippen LogP contribution in [0.25, 0.3) is 11.1 Å². The van der Waals surface area contributed by atoms with Crippen LogP contribution in [-0.4, -0.2) is 58.7 Å². The molecule has 5 rings (SSSR count). The second-order valence-electron chi connectivity index (χ2n) is 9.25. The largest absolute Gasteiger partial charge is 0.481 e. The molecule has 2 amide bonds. The fourth-order valence-electron chi connectivity index (χ4n) is 4.83. The molecule has 1 atom stereocenters. The van der Waals surface area contributed by atoms with E-state index in [4.69, 9.17) is 4.74 Å². The Morgan fingerprint density at radius 2 is 1.77 bits per heavy atom. The molecule has 0 spiro atoms. The van der Waals surface area contributed by atoms with Crippen LogP contribution in [0.15, 0.2) is 60.2 Å². The Labute approximate surface area is 206 Å². The molecule has 35 heavy (non-hydrogen) atoms. The van der Waals surface area contributed by atoms with Gasteiger partial charge in [-0.2, -0.15) is 0 Å². The van der Waals surface area contributed by atoms with E-state index < -0.39 is 23.5 Å². The molecule has 1 aliphatic carbocycles. The lowest BCUT2D eigenvalue weighted by atomic mass is 9.81. The molecular weight excluding hydrogens is 466 g/mol. The normalized spacial score (nSPS) is 16.5. The Bertz CT molecular complexity index is 1220. The summed E-state index contributed by atoms with van der Waals surface area (Å²) in [5.74, 6) is -1.36. The van der Waals surface area contributed by atoms with Gasteiger partial charge in [0.1, 0.15) is 12.6 Å². The Balaban J connectivity index is 1.27. The monoisotopic (exact) mass is 491 g/mol. The summed E-state index contributed by atoms with van der Waals surface area (Å²) in [6.07, 6.45) is 1.23. The minimum Gasteiger partial charge on any atom is -0.481 e. The van der Waals surface area contributed by atoms with Crippen molar-refractivity contribution < 1.29 is 24.2 Å². The number of carboxylic acid groups (broad SMARTS) is 1. The fraction of sp³-hybridized carbons (Fsp3) is 0.308. The number of nitrogens with one attached hydrogen (secondary N) is 1. The molecular formula is C26H25N3O5S. The number of nitrogens with zero attached hydrogens (tertiary/aromatic N) is 2. The molecule has 0 bridgehead atoms. The summed E-state index contributed by atoms with van der Waals surface area (Å²) >= 11 is 1.39. The number of alkyl carbamates (subject to hydrolysis) is 1. The number of hydrogen-bond donors (Lipinski definition) is 2. The molecule has 0 radical (unpaired) electrons. The predicted molar refractivity (Wildman–Crippen MR) is 130 cm³/mol. The SMILES string of the molecule is CC1(C(=O)O)CN(C(=O)C(Cc2cncs2)NC(=O)OCC2c3ccccc3-c3ccccc32)C1. The van der Waals surface area contributed by atoms with Crippen LogP contribution < -0.4 is 5.32 Å². The first-order valence-electron chi connectivity index (χ1n) is 11.4. The highest BCUT2D eigenvalue weighted by Gasteiger charge is 2.48. The van der Waals surface area contributed by atoms with E-state index in [0.717, 1.165) is 27.1 Å². The third-order valence-electron chi connectivity index (χ3n) is 6.73. The van der Waals surface area contributed by atoms with Gasteiger partial charge >= 0.3 is 12.1 Å². The zero-order chi connectivity index (χ0) is 24.6. The summed E-state index contributed by atoms with van der Waals surface area (Å²) in [5.41, 5.74) is 5.17. The van der Waals surface area contributed by atoms with E-state index in [1.165, 1.54) is 16.2 Å². The highest BCUT2D eigenvalue weighted by atomic mass is 32.1. The van der Waals surface area contributed by atoms with Crippen LogP contribution in [0.3, 0.4) is 0 Å². The van der Waals surface area contributed by atoms with Gasteiger partial charge in [0.2, 0.25) is 5.91 Å². The van der Waals surface area contributed by atoms with Crippen LogP contribution in [0.1, 0.15) is 28.8 Å². The van der Waals surface area contributed by atoms with Gasteiger partial charge < -0.3 is 20.1 Å². The number of thiazole rings is 1. The minimum absolute atomic E-state index is 0.0875. The summed E-state index contributed by atoms with van der Waals surface area (Å²) < 4.78 is 5.62. The third kappa shape index (κ3) is 4.39. The van der Waals surface area contributed by atoms with Gasteiger partial charge in [0.15, 0.2) is 0 Å². The topological polar surface area (TPSA) is 109 Å². The molecule has 2 aromatic carbocycles. The molecule has 180 valence electrons. The quantitative estimate of drug-likeness (QED) is 0.524. The Morgan fingerprint density at radius 1 is 1.14 bits per heavy atom. The number of fused-ring (bicyclic) bond motifs is 3. The van der Waals surface area contributed by atoms with Crippen molar-refractivity contribution in [3.05, 3.63) is 76.2 Å². The zero-order valence-electron chi connectivity index (χ0n) is 19.1. The summed E-state index contributed by atoms with van der Waals surface area (Å²) in [4.78, 5) is 43.7. The molecule has 2 heterocycles. The average Bonchev–Trinajstić information content (AvgIpc) is 3.46. The lowest BCUT2D eigenvalue weighted by Crippen LogP contribution is -2.64. The predicted octanol–water partition coefficient (Wildman–Crippen LogP) is 3.53. The maximum absolute atomic E-state index is 13.1. The second-order valence-corrected chi connectivity index (χ2v) is 10.2. The van der Waals surface area contributed by atoms with Gasteiger partial charge in [0, 0.05) is 36.5 Å². The second kappa shape index (κ2) is 9.14. The summed E-state index contributed by atoms with van der Waals surface area (Å²) in [7, 11) is 0. The van der Waals surface area contributed by atoms with Crippen molar-refractivity contribution >= 4 is 29.3 Å². The number of amides is 2. The molecule has 1 unspecified atom stereocenters. The van der Waals surface area contributed by atoms with E-state index in [1.807, 2.05) is 36.4 Å². The summed E-state index contributed by atoms with van der Waals surface area (Å²) in [5, 5.41) is 12.1. The van der Waals surface area contributed by atoms with E-state index >= 15 is 0 Å². The van der Waals surface area contributed by atoms with Crippen molar-refractivity contribution in [2.45, 2.75) is 25.3 Å². The van der Waals surface area contributed by atoms with Gasteiger partial charge in [-0.15, -0.1) is 11.3 Å². The van der Waals surface area contributed by atoms with Crippen molar-refractivity contribution in [1.29, 1.82) is 0 Å². The molecule has 2 aliphatic rings. The van der Waals surface area contributed by atoms with E-state index in [-0.39, 0.29) is 37.9 Å². The van der Waals surface area contributed by atoms with Crippen molar-refractivity contribution in [3.8, 4) is 11.1 Å². The zero-order valence-corrected chi connectivity index (χ0v) is 20.0. The number of ether oxygens (including phenoxy) is 1. The van der Waals surface area contributed by atoms with E-state index in [1.54, 1.807) is 18.6 Å². The molecule has 1 aliphatic heterocycles. The van der Waals surface area contributed by atoms with Crippen LogP contribution >= 0.6 is 11.3 Å². The summed E-state index contributed by atoms with van der Waals surface area (Å²) in [6.45, 7) is 1.96. The Hall–Kier alpha value is -3.72. The van der Waals surface area contributed by atoms with Gasteiger partial charge in [-0.1, -0.05) is 48.5 Å². The van der Waals surface area contributed by atoms with Gasteiger partial charge in [-0.05, 0) is 29.2 Å². The van der Waals surface area contributed by atoms with Gasteiger partial charge in [0.05, 0.1) is 10.9 Å². The van der Waals surface area contributed by atoms with Crippen molar-refractivity contribution in [1.82, 2.24) is 15.2 Å². The molecule has 0 saturated carbocycles. The first-order valence-corrected chi connectivity index (χ1v) is 12.2. The number of rotatable bonds is 7. The maximum Gasteiger partial charge on any atom is 0.407 e. The molecule has 3 aromatic rings.